The lowest BCUT2D eigenvalue weighted by atomic mass is 10.1. The summed E-state index contributed by atoms with van der Waals surface area (Å²) in [6.07, 6.45) is 0. The third-order valence-electron chi connectivity index (χ3n) is 3.07. The zero-order chi connectivity index (χ0) is 14.5. The quantitative estimate of drug-likeness (QED) is 0.816. The van der Waals surface area contributed by atoms with Crippen LogP contribution in [0, 0.1) is 19.7 Å². The van der Waals surface area contributed by atoms with Crippen molar-refractivity contribution in [2.45, 2.75) is 31.0 Å². The van der Waals surface area contributed by atoms with Crippen LogP contribution in [0.3, 0.4) is 0 Å². The summed E-state index contributed by atoms with van der Waals surface area (Å²) >= 11 is 1.76. The Labute approximate surface area is 124 Å². The van der Waals surface area contributed by atoms with Gasteiger partial charge < -0.3 is 5.32 Å². The first kappa shape index (κ1) is 15.1. The maximum atomic E-state index is 13.3. The summed E-state index contributed by atoms with van der Waals surface area (Å²) in [5, 5.41) is 3.09. The normalized spacial score (nSPS) is 10.8. The lowest BCUT2D eigenvalue weighted by molar-refractivity contribution is 0.621. The predicted molar refractivity (Wildman–Crippen MR) is 84.6 cm³/mol. The van der Waals surface area contributed by atoms with Gasteiger partial charge in [-0.1, -0.05) is 29.3 Å². The van der Waals surface area contributed by atoms with Crippen molar-refractivity contribution in [1.82, 2.24) is 5.32 Å². The van der Waals surface area contributed by atoms with E-state index in [9.17, 15) is 4.39 Å². The monoisotopic (exact) mass is 289 g/mol. The number of nitrogens with one attached hydrogen (secondary N) is 1. The first-order valence-corrected chi connectivity index (χ1v) is 7.70. The Morgan fingerprint density at radius 3 is 2.40 bits per heavy atom. The summed E-state index contributed by atoms with van der Waals surface area (Å²) in [5.74, 6) is 0.733. The molecule has 0 aliphatic rings. The zero-order valence-electron chi connectivity index (χ0n) is 12.2. The molecule has 2 rings (SSSR count). The highest BCUT2D eigenvalue weighted by Gasteiger charge is 2.05. The van der Waals surface area contributed by atoms with Crippen molar-refractivity contribution in [3.63, 3.8) is 0 Å². The van der Waals surface area contributed by atoms with Crippen molar-refractivity contribution in [1.29, 1.82) is 0 Å². The fourth-order valence-electron chi connectivity index (χ4n) is 2.33. The molecule has 0 heterocycles. The van der Waals surface area contributed by atoms with E-state index in [4.69, 9.17) is 0 Å². The largest absolute Gasteiger partial charge is 0.316 e. The van der Waals surface area contributed by atoms with Gasteiger partial charge in [-0.05, 0) is 50.2 Å². The smallest absolute Gasteiger partial charge is 0.123 e. The molecule has 0 fully saturated rings. The molecule has 20 heavy (non-hydrogen) atoms. The van der Waals surface area contributed by atoms with Gasteiger partial charge in [0, 0.05) is 17.2 Å². The van der Waals surface area contributed by atoms with E-state index in [0.717, 1.165) is 16.2 Å². The van der Waals surface area contributed by atoms with Gasteiger partial charge in [0.15, 0.2) is 0 Å². The highest BCUT2D eigenvalue weighted by Crippen LogP contribution is 2.27. The average Bonchev–Trinajstić information content (AvgIpc) is 2.37. The number of thioether (sulfide) groups is 1. The average molecular weight is 289 g/mol. The van der Waals surface area contributed by atoms with Crippen molar-refractivity contribution in [3.8, 4) is 0 Å². The number of halogens is 1. The maximum absolute atomic E-state index is 13.3. The topological polar surface area (TPSA) is 12.0 Å². The molecule has 0 aliphatic carbocycles. The molecule has 0 aromatic heterocycles. The van der Waals surface area contributed by atoms with Crippen LogP contribution in [0.15, 0.2) is 41.3 Å². The molecule has 0 amide bonds. The minimum Gasteiger partial charge on any atom is -0.316 e. The molecule has 0 saturated carbocycles. The zero-order valence-corrected chi connectivity index (χ0v) is 13.0. The van der Waals surface area contributed by atoms with Crippen molar-refractivity contribution in [2.24, 2.45) is 0 Å². The van der Waals surface area contributed by atoms with Gasteiger partial charge in [-0.25, -0.2) is 4.39 Å². The van der Waals surface area contributed by atoms with Crippen LogP contribution in [-0.4, -0.2) is 7.05 Å². The SMILES string of the molecule is CNCc1cc(F)ccc1SCc1cc(C)cc(C)c1. The maximum Gasteiger partial charge on any atom is 0.123 e. The van der Waals surface area contributed by atoms with E-state index < -0.39 is 0 Å². The van der Waals surface area contributed by atoms with Crippen molar-refractivity contribution < 1.29 is 4.39 Å². The third kappa shape index (κ3) is 4.09. The molecule has 0 unspecified atom stereocenters. The van der Waals surface area contributed by atoms with Crippen LogP contribution in [0.2, 0.25) is 0 Å². The Hall–Kier alpha value is -1.32. The molecular formula is C17H20FNS. The lowest BCUT2D eigenvalue weighted by Gasteiger charge is -2.10. The van der Waals surface area contributed by atoms with Crippen molar-refractivity contribution in [3.05, 3.63) is 64.5 Å². The number of hydrogen-bond acceptors (Lipinski definition) is 2. The Morgan fingerprint density at radius 2 is 1.75 bits per heavy atom. The number of hydrogen-bond donors (Lipinski definition) is 1. The van der Waals surface area contributed by atoms with E-state index in [2.05, 4.69) is 37.4 Å². The first-order chi connectivity index (χ1) is 9.58. The van der Waals surface area contributed by atoms with E-state index in [-0.39, 0.29) is 5.82 Å². The van der Waals surface area contributed by atoms with Crippen molar-refractivity contribution in [2.75, 3.05) is 7.05 Å². The summed E-state index contributed by atoms with van der Waals surface area (Å²) in [6, 6.07) is 11.6. The van der Waals surface area contributed by atoms with Gasteiger partial charge in [0.05, 0.1) is 0 Å². The van der Waals surface area contributed by atoms with Gasteiger partial charge in [-0.3, -0.25) is 0 Å². The molecule has 1 N–H and O–H groups in total. The Morgan fingerprint density at radius 1 is 1.05 bits per heavy atom. The Kier molecular flexibility index (Phi) is 5.21. The summed E-state index contributed by atoms with van der Waals surface area (Å²) in [5.41, 5.74) is 4.90. The highest BCUT2D eigenvalue weighted by molar-refractivity contribution is 7.98. The molecule has 106 valence electrons. The van der Waals surface area contributed by atoms with Crippen LogP contribution in [0.25, 0.3) is 0 Å². The van der Waals surface area contributed by atoms with Crippen LogP contribution in [0.5, 0.6) is 0 Å². The molecule has 0 atom stereocenters. The summed E-state index contributed by atoms with van der Waals surface area (Å²) in [4.78, 5) is 1.14. The van der Waals surface area contributed by atoms with Crippen LogP contribution >= 0.6 is 11.8 Å². The molecule has 2 aromatic carbocycles. The number of rotatable bonds is 5. The fourth-order valence-corrected chi connectivity index (χ4v) is 3.30. The van der Waals surface area contributed by atoms with E-state index in [1.165, 1.54) is 22.8 Å². The molecule has 0 radical (unpaired) electrons. The minimum absolute atomic E-state index is 0.175. The summed E-state index contributed by atoms with van der Waals surface area (Å²) in [7, 11) is 1.88. The molecule has 2 aromatic rings. The van der Waals surface area contributed by atoms with Gasteiger partial charge in [-0.2, -0.15) is 0 Å². The molecular weight excluding hydrogens is 269 g/mol. The van der Waals surface area contributed by atoms with Gasteiger partial charge in [0.2, 0.25) is 0 Å². The van der Waals surface area contributed by atoms with E-state index in [1.807, 2.05) is 13.1 Å². The van der Waals surface area contributed by atoms with Crippen LogP contribution in [0.1, 0.15) is 22.3 Å². The van der Waals surface area contributed by atoms with E-state index >= 15 is 0 Å². The number of benzene rings is 2. The second kappa shape index (κ2) is 6.91. The first-order valence-electron chi connectivity index (χ1n) is 6.71. The summed E-state index contributed by atoms with van der Waals surface area (Å²) < 4.78 is 13.3. The van der Waals surface area contributed by atoms with Gasteiger partial charge in [0.25, 0.3) is 0 Å². The van der Waals surface area contributed by atoms with E-state index in [0.29, 0.717) is 6.54 Å². The lowest BCUT2D eigenvalue weighted by Crippen LogP contribution is -2.06. The molecule has 3 heteroatoms. The standard InChI is InChI=1S/C17H20FNS/c1-12-6-13(2)8-14(7-12)11-20-17-5-4-16(18)9-15(17)10-19-3/h4-9,19H,10-11H2,1-3H3. The molecule has 0 saturated heterocycles. The van der Waals surface area contributed by atoms with Gasteiger partial charge in [0.1, 0.15) is 5.82 Å². The van der Waals surface area contributed by atoms with Gasteiger partial charge in [-0.15, -0.1) is 11.8 Å². The second-order valence-electron chi connectivity index (χ2n) is 5.07. The molecule has 0 bridgehead atoms. The molecule has 0 spiro atoms. The Bertz CT molecular complexity index is 575. The second-order valence-corrected chi connectivity index (χ2v) is 6.08. The number of aryl methyl sites for hydroxylation is 2. The predicted octanol–water partition coefficient (Wildman–Crippen LogP) is 4.45. The fraction of sp³-hybridized carbons (Fsp3) is 0.294. The van der Waals surface area contributed by atoms with Gasteiger partial charge >= 0.3 is 0 Å². The highest BCUT2D eigenvalue weighted by atomic mass is 32.2. The third-order valence-corrected chi connectivity index (χ3v) is 4.25. The Balaban J connectivity index is 2.13. The van der Waals surface area contributed by atoms with Crippen LogP contribution < -0.4 is 5.32 Å². The molecule has 0 aliphatic heterocycles. The van der Waals surface area contributed by atoms with Crippen LogP contribution in [-0.2, 0) is 12.3 Å². The van der Waals surface area contributed by atoms with Crippen LogP contribution in [0.4, 0.5) is 4.39 Å². The van der Waals surface area contributed by atoms with Crippen molar-refractivity contribution >= 4 is 11.8 Å². The minimum atomic E-state index is -0.175. The summed E-state index contributed by atoms with van der Waals surface area (Å²) in [6.45, 7) is 4.92. The molecule has 1 nitrogen and oxygen atoms in total. The van der Waals surface area contributed by atoms with E-state index in [1.54, 1.807) is 17.8 Å².